The highest BCUT2D eigenvalue weighted by Gasteiger charge is 2.22. The number of aromatic amines is 1. The van der Waals surface area contributed by atoms with E-state index in [4.69, 9.17) is 5.21 Å². The topological polar surface area (TPSA) is 110 Å². The van der Waals surface area contributed by atoms with E-state index in [1.54, 1.807) is 17.6 Å². The van der Waals surface area contributed by atoms with Crippen LogP contribution in [0.2, 0.25) is 0 Å². The summed E-state index contributed by atoms with van der Waals surface area (Å²) in [6, 6.07) is 11.5. The van der Waals surface area contributed by atoms with Crippen LogP contribution in [0.5, 0.6) is 0 Å². The number of H-pyrrole nitrogens is 1. The smallest absolute Gasteiger partial charge is 0.276 e. The highest BCUT2D eigenvalue weighted by molar-refractivity contribution is 5.93. The molecule has 2 aromatic heterocycles. The van der Waals surface area contributed by atoms with Crippen LogP contribution in [0.25, 0.3) is 10.9 Å². The number of rotatable bonds is 5. The van der Waals surface area contributed by atoms with E-state index in [0.29, 0.717) is 12.0 Å². The van der Waals surface area contributed by atoms with E-state index in [2.05, 4.69) is 20.2 Å². The van der Waals surface area contributed by atoms with Gasteiger partial charge in [-0.2, -0.15) is 0 Å². The van der Waals surface area contributed by atoms with Gasteiger partial charge in [0.05, 0.1) is 12.0 Å². The average Bonchev–Trinajstić information content (AvgIpc) is 3.16. The number of hydrogen-bond acceptors (Lipinski definition) is 5. The monoisotopic (exact) mass is 393 g/mol. The SMILES string of the molecule is O=C(Cc1c[nH]c2ccccc12)NC1CCN(c2ccc(C(=O)NO)cn2)CC1. The van der Waals surface area contributed by atoms with Crippen LogP contribution in [0.15, 0.2) is 48.8 Å². The third-order valence-corrected chi connectivity index (χ3v) is 5.32. The Morgan fingerprint density at radius 2 is 1.97 bits per heavy atom. The van der Waals surface area contributed by atoms with Crippen molar-refractivity contribution in [2.75, 3.05) is 18.0 Å². The maximum absolute atomic E-state index is 12.5. The van der Waals surface area contributed by atoms with Gasteiger partial charge in [0, 0.05) is 42.4 Å². The molecule has 29 heavy (non-hydrogen) atoms. The first kappa shape index (κ1) is 18.9. The van der Waals surface area contributed by atoms with Crippen LogP contribution in [0, 0.1) is 0 Å². The van der Waals surface area contributed by atoms with Crippen molar-refractivity contribution in [1.29, 1.82) is 0 Å². The first-order valence-corrected chi connectivity index (χ1v) is 9.64. The fourth-order valence-corrected chi connectivity index (χ4v) is 3.75. The van der Waals surface area contributed by atoms with Crippen LogP contribution in [-0.2, 0) is 11.2 Å². The fraction of sp³-hybridized carbons (Fsp3) is 0.286. The van der Waals surface area contributed by atoms with Crippen LogP contribution < -0.4 is 15.7 Å². The third kappa shape index (κ3) is 4.22. The number of carbonyl (C=O) groups excluding carboxylic acids is 2. The van der Waals surface area contributed by atoms with Gasteiger partial charge in [-0.05, 0) is 36.6 Å². The molecule has 150 valence electrons. The largest absolute Gasteiger partial charge is 0.361 e. The summed E-state index contributed by atoms with van der Waals surface area (Å²) in [5.41, 5.74) is 3.94. The van der Waals surface area contributed by atoms with Gasteiger partial charge in [0.25, 0.3) is 5.91 Å². The minimum atomic E-state index is -0.583. The lowest BCUT2D eigenvalue weighted by Gasteiger charge is -2.33. The summed E-state index contributed by atoms with van der Waals surface area (Å²) >= 11 is 0. The molecular weight excluding hydrogens is 370 g/mol. The molecule has 0 spiro atoms. The minimum Gasteiger partial charge on any atom is -0.361 e. The fourth-order valence-electron chi connectivity index (χ4n) is 3.75. The second kappa shape index (κ2) is 8.32. The Morgan fingerprint density at radius 3 is 2.69 bits per heavy atom. The van der Waals surface area contributed by atoms with Gasteiger partial charge >= 0.3 is 0 Å². The molecule has 1 aliphatic heterocycles. The lowest BCUT2D eigenvalue weighted by molar-refractivity contribution is -0.121. The van der Waals surface area contributed by atoms with Crippen molar-refractivity contribution in [3.63, 3.8) is 0 Å². The van der Waals surface area contributed by atoms with Crippen LogP contribution in [0.4, 0.5) is 5.82 Å². The predicted octanol–water partition coefficient (Wildman–Crippen LogP) is 2.01. The molecule has 0 aliphatic carbocycles. The highest BCUT2D eigenvalue weighted by atomic mass is 16.5. The number of para-hydroxylation sites is 1. The Labute approximate surface area is 167 Å². The average molecular weight is 393 g/mol. The van der Waals surface area contributed by atoms with Gasteiger partial charge < -0.3 is 15.2 Å². The molecule has 3 heterocycles. The van der Waals surface area contributed by atoms with Gasteiger partial charge in [0.15, 0.2) is 0 Å². The Morgan fingerprint density at radius 1 is 1.17 bits per heavy atom. The molecule has 0 atom stereocenters. The van der Waals surface area contributed by atoms with Crippen molar-refractivity contribution in [3.8, 4) is 0 Å². The number of piperidine rings is 1. The summed E-state index contributed by atoms with van der Waals surface area (Å²) in [7, 11) is 0. The number of hydroxylamine groups is 1. The molecule has 4 N–H and O–H groups in total. The summed E-state index contributed by atoms with van der Waals surface area (Å²) in [6.45, 7) is 1.55. The summed E-state index contributed by atoms with van der Waals surface area (Å²) in [5.74, 6) is 0.231. The first-order valence-electron chi connectivity index (χ1n) is 9.64. The number of nitrogens with zero attached hydrogens (tertiary/aromatic N) is 2. The van der Waals surface area contributed by atoms with Crippen LogP contribution in [-0.4, -0.2) is 46.1 Å². The van der Waals surface area contributed by atoms with Crippen LogP contribution in [0.1, 0.15) is 28.8 Å². The number of carbonyl (C=O) groups is 2. The molecule has 2 amide bonds. The summed E-state index contributed by atoms with van der Waals surface area (Å²) in [6.07, 6.45) is 5.37. The number of aromatic nitrogens is 2. The van der Waals surface area contributed by atoms with E-state index < -0.39 is 5.91 Å². The van der Waals surface area contributed by atoms with E-state index in [1.165, 1.54) is 6.20 Å². The van der Waals surface area contributed by atoms with E-state index >= 15 is 0 Å². The molecule has 8 heteroatoms. The number of benzene rings is 1. The minimum absolute atomic E-state index is 0.0331. The van der Waals surface area contributed by atoms with Crippen LogP contribution >= 0.6 is 0 Å². The van der Waals surface area contributed by atoms with Crippen molar-refractivity contribution in [1.82, 2.24) is 20.8 Å². The molecule has 3 aromatic rings. The zero-order chi connectivity index (χ0) is 20.2. The standard InChI is InChI=1S/C21H23N5O3/c27-20(11-15-13-22-18-4-2-1-3-17(15)18)24-16-7-9-26(10-8-16)19-6-5-14(12-23-19)21(28)25-29/h1-6,12-13,16,22,29H,7-11H2,(H,24,27)(H,25,28). The summed E-state index contributed by atoms with van der Waals surface area (Å²) in [4.78, 5) is 33.5. The van der Waals surface area contributed by atoms with Crippen molar-refractivity contribution in [2.24, 2.45) is 0 Å². The molecule has 0 bridgehead atoms. The molecule has 1 aliphatic rings. The molecule has 0 saturated carbocycles. The zero-order valence-corrected chi connectivity index (χ0v) is 15.9. The first-order chi connectivity index (χ1) is 14.1. The third-order valence-electron chi connectivity index (χ3n) is 5.32. The maximum Gasteiger partial charge on any atom is 0.276 e. The maximum atomic E-state index is 12.5. The normalized spacial score (nSPS) is 14.7. The number of pyridine rings is 1. The predicted molar refractivity (Wildman–Crippen MR) is 109 cm³/mol. The van der Waals surface area contributed by atoms with Crippen molar-refractivity contribution in [3.05, 3.63) is 59.9 Å². The van der Waals surface area contributed by atoms with Crippen molar-refractivity contribution in [2.45, 2.75) is 25.3 Å². The number of hydrogen-bond donors (Lipinski definition) is 4. The Hall–Kier alpha value is -3.39. The van der Waals surface area contributed by atoms with E-state index in [0.717, 1.165) is 48.2 Å². The highest BCUT2D eigenvalue weighted by Crippen LogP contribution is 2.20. The molecule has 1 saturated heterocycles. The van der Waals surface area contributed by atoms with Gasteiger partial charge in [-0.3, -0.25) is 14.8 Å². The quantitative estimate of drug-likeness (QED) is 0.392. The van der Waals surface area contributed by atoms with Crippen molar-refractivity contribution >= 4 is 28.5 Å². The number of amides is 2. The zero-order valence-electron chi connectivity index (χ0n) is 15.9. The van der Waals surface area contributed by atoms with Crippen molar-refractivity contribution < 1.29 is 14.8 Å². The number of nitrogens with one attached hydrogen (secondary N) is 3. The lowest BCUT2D eigenvalue weighted by Crippen LogP contribution is -2.45. The van der Waals surface area contributed by atoms with Gasteiger partial charge in [0.1, 0.15) is 5.82 Å². The molecular formula is C21H23N5O3. The second-order valence-corrected chi connectivity index (χ2v) is 7.21. The van der Waals surface area contributed by atoms with Gasteiger partial charge in [-0.1, -0.05) is 18.2 Å². The number of anilines is 1. The van der Waals surface area contributed by atoms with E-state index in [9.17, 15) is 9.59 Å². The molecule has 1 fully saturated rings. The van der Waals surface area contributed by atoms with Gasteiger partial charge in [-0.15, -0.1) is 0 Å². The molecule has 0 radical (unpaired) electrons. The van der Waals surface area contributed by atoms with Crippen LogP contribution in [0.3, 0.4) is 0 Å². The van der Waals surface area contributed by atoms with E-state index in [-0.39, 0.29) is 11.9 Å². The second-order valence-electron chi connectivity index (χ2n) is 7.21. The molecule has 4 rings (SSSR count). The van der Waals surface area contributed by atoms with E-state index in [1.807, 2.05) is 30.5 Å². The molecule has 8 nitrogen and oxygen atoms in total. The Bertz CT molecular complexity index is 1010. The lowest BCUT2D eigenvalue weighted by atomic mass is 10.0. The molecule has 0 unspecified atom stereocenters. The number of fused-ring (bicyclic) bond motifs is 1. The molecule has 1 aromatic carbocycles. The summed E-state index contributed by atoms with van der Waals surface area (Å²) < 4.78 is 0. The Kier molecular flexibility index (Phi) is 5.44. The van der Waals surface area contributed by atoms with Gasteiger partial charge in [-0.25, -0.2) is 10.5 Å². The summed E-state index contributed by atoms with van der Waals surface area (Å²) in [5, 5.41) is 12.9. The Balaban J connectivity index is 1.29. The van der Waals surface area contributed by atoms with Gasteiger partial charge in [0.2, 0.25) is 5.91 Å².